The smallest absolute Gasteiger partial charge is 0.420 e. The Labute approximate surface area is 187 Å². The minimum Gasteiger partial charge on any atom is -0.493 e. The van der Waals surface area contributed by atoms with Crippen molar-refractivity contribution >= 4 is 18.2 Å². The van der Waals surface area contributed by atoms with Crippen LogP contribution in [-0.2, 0) is 25.4 Å². The van der Waals surface area contributed by atoms with Crippen LogP contribution >= 0.6 is 0 Å². The predicted molar refractivity (Wildman–Crippen MR) is 113 cm³/mol. The molecule has 0 heterocycles. The number of amides is 2. The van der Waals surface area contributed by atoms with Gasteiger partial charge in [0.15, 0.2) is 11.5 Å². The Morgan fingerprint density at radius 1 is 0.875 bits per heavy atom. The van der Waals surface area contributed by atoms with E-state index in [0.717, 1.165) is 13.2 Å². The van der Waals surface area contributed by atoms with Gasteiger partial charge in [-0.05, 0) is 53.2 Å². The van der Waals surface area contributed by atoms with Crippen LogP contribution in [0, 0.1) is 5.82 Å². The minimum atomic E-state index is -1.57. The van der Waals surface area contributed by atoms with Crippen molar-refractivity contribution in [1.29, 1.82) is 0 Å². The summed E-state index contributed by atoms with van der Waals surface area (Å²) in [6.07, 6.45) is -2.69. The Morgan fingerprint density at radius 3 is 1.69 bits per heavy atom. The lowest BCUT2D eigenvalue weighted by Gasteiger charge is -2.32. The van der Waals surface area contributed by atoms with Crippen molar-refractivity contribution in [2.75, 3.05) is 21.3 Å². The lowest BCUT2D eigenvalue weighted by atomic mass is 10.0. The zero-order valence-electron chi connectivity index (χ0n) is 20.0. The number of nitrogens with zero attached hydrogens (tertiary/aromatic N) is 1. The summed E-state index contributed by atoms with van der Waals surface area (Å²) in [5, 5.41) is 0. The van der Waals surface area contributed by atoms with Gasteiger partial charge in [-0.3, -0.25) is 0 Å². The number of imide groups is 1. The quantitative estimate of drug-likeness (QED) is 0.466. The van der Waals surface area contributed by atoms with Crippen molar-refractivity contribution in [1.82, 2.24) is 4.90 Å². The summed E-state index contributed by atoms with van der Waals surface area (Å²) in [5.41, 5.74) is -1.98. The summed E-state index contributed by atoms with van der Waals surface area (Å²) in [6, 6.07) is 0.817. The van der Waals surface area contributed by atoms with Gasteiger partial charge in [0.05, 0.1) is 21.3 Å². The van der Waals surface area contributed by atoms with E-state index in [-0.39, 0.29) is 17.1 Å². The number of benzene rings is 1. The summed E-state index contributed by atoms with van der Waals surface area (Å²) in [6.45, 7) is 9.58. The molecule has 0 saturated heterocycles. The van der Waals surface area contributed by atoms with Gasteiger partial charge < -0.3 is 23.7 Å². The first kappa shape index (κ1) is 27.0. The van der Waals surface area contributed by atoms with Crippen molar-refractivity contribution in [3.05, 3.63) is 23.5 Å². The Balaban J connectivity index is 3.52. The van der Waals surface area contributed by atoms with Crippen LogP contribution in [0.2, 0.25) is 0 Å². The van der Waals surface area contributed by atoms with Crippen molar-refractivity contribution in [3.8, 4) is 11.5 Å². The average molecular weight is 456 g/mol. The molecule has 0 bridgehead atoms. The van der Waals surface area contributed by atoms with E-state index in [2.05, 4.69) is 0 Å². The molecule has 0 spiro atoms. The van der Waals surface area contributed by atoms with Crippen molar-refractivity contribution < 1.29 is 42.5 Å². The third-order valence-corrected chi connectivity index (χ3v) is 3.93. The number of hydrogen-bond acceptors (Lipinski definition) is 8. The first-order chi connectivity index (χ1) is 14.6. The largest absolute Gasteiger partial charge is 0.493 e. The Kier molecular flexibility index (Phi) is 8.87. The molecular weight excluding hydrogens is 424 g/mol. The zero-order chi connectivity index (χ0) is 24.9. The van der Waals surface area contributed by atoms with Gasteiger partial charge in [-0.2, -0.15) is 4.90 Å². The van der Waals surface area contributed by atoms with Crippen LogP contribution in [0.25, 0.3) is 0 Å². The molecule has 0 aliphatic rings. The van der Waals surface area contributed by atoms with Gasteiger partial charge >= 0.3 is 18.2 Å². The fraction of sp³-hybridized carbons (Fsp3) is 0.591. The highest BCUT2D eigenvalue weighted by Gasteiger charge is 2.41. The highest BCUT2D eigenvalue weighted by Crippen LogP contribution is 2.31. The summed E-state index contributed by atoms with van der Waals surface area (Å²) in [4.78, 5) is 38.9. The fourth-order valence-electron chi connectivity index (χ4n) is 2.63. The SMILES string of the molecule is COC(=O)C(Cc1cc(OC)c(OC)cc1[18F])N(C(=O)OC(C)(C)C)C(=O)OC(C)(C)C. The molecule has 32 heavy (non-hydrogen) atoms. The Morgan fingerprint density at radius 2 is 1.31 bits per heavy atom. The number of rotatable bonds is 6. The molecule has 1 aromatic carbocycles. The van der Waals surface area contributed by atoms with Crippen LogP contribution in [0.15, 0.2) is 12.1 Å². The van der Waals surface area contributed by atoms with Gasteiger partial charge in [0.2, 0.25) is 0 Å². The van der Waals surface area contributed by atoms with E-state index in [4.69, 9.17) is 23.7 Å². The van der Waals surface area contributed by atoms with Crippen LogP contribution in [0.4, 0.5) is 14.0 Å². The van der Waals surface area contributed by atoms with Crippen LogP contribution in [-0.4, -0.2) is 61.6 Å². The lowest BCUT2D eigenvalue weighted by Crippen LogP contribution is -2.53. The normalized spacial score (nSPS) is 12.4. The molecular formula is C22H32FNO8. The van der Waals surface area contributed by atoms with Crippen molar-refractivity contribution in [2.24, 2.45) is 0 Å². The molecule has 0 saturated carbocycles. The first-order valence-electron chi connectivity index (χ1n) is 9.87. The second kappa shape index (κ2) is 10.5. The van der Waals surface area contributed by atoms with E-state index in [1.54, 1.807) is 41.5 Å². The maximum absolute atomic E-state index is 14.8. The maximum Gasteiger partial charge on any atom is 0.420 e. The van der Waals surface area contributed by atoms with Gasteiger partial charge in [-0.25, -0.2) is 18.8 Å². The van der Waals surface area contributed by atoms with Crippen molar-refractivity contribution in [2.45, 2.75) is 65.2 Å². The molecule has 0 aromatic heterocycles. The Bertz CT molecular complexity index is 814. The van der Waals surface area contributed by atoms with Crippen LogP contribution in [0.3, 0.4) is 0 Å². The molecule has 2 amide bonds. The Hall–Kier alpha value is -3.04. The molecule has 1 unspecified atom stereocenters. The summed E-state index contributed by atoms with van der Waals surface area (Å²) in [5.74, 6) is -1.35. The van der Waals surface area contributed by atoms with E-state index in [0.29, 0.717) is 4.90 Å². The third-order valence-electron chi connectivity index (χ3n) is 3.93. The van der Waals surface area contributed by atoms with Crippen molar-refractivity contribution in [3.63, 3.8) is 0 Å². The summed E-state index contributed by atoms with van der Waals surface area (Å²) in [7, 11) is 3.80. The van der Waals surface area contributed by atoms with Gasteiger partial charge in [-0.1, -0.05) is 0 Å². The van der Waals surface area contributed by atoms with Gasteiger partial charge in [0.25, 0.3) is 0 Å². The van der Waals surface area contributed by atoms with E-state index in [1.807, 2.05) is 0 Å². The highest BCUT2D eigenvalue weighted by molar-refractivity contribution is 5.94. The predicted octanol–water partition coefficient (Wildman–Crippen LogP) is 4.10. The number of hydrogen-bond donors (Lipinski definition) is 0. The second-order valence-corrected chi connectivity index (χ2v) is 8.87. The molecule has 9 nitrogen and oxygen atoms in total. The molecule has 0 radical (unpaired) electrons. The lowest BCUT2D eigenvalue weighted by molar-refractivity contribution is -0.146. The number of carbonyl (C=O) groups is 3. The van der Waals surface area contributed by atoms with E-state index in [1.165, 1.54) is 20.3 Å². The van der Waals surface area contributed by atoms with E-state index >= 15 is 0 Å². The minimum absolute atomic E-state index is 0.0184. The highest BCUT2D eigenvalue weighted by atomic mass is 18.2. The van der Waals surface area contributed by atoms with Gasteiger partial charge in [0, 0.05) is 12.5 Å². The average Bonchev–Trinajstić information content (AvgIpc) is 2.64. The molecule has 1 aromatic rings. The number of carbonyl (C=O) groups excluding carboxylic acids is 3. The molecule has 10 heteroatoms. The maximum atomic E-state index is 14.8. The third kappa shape index (κ3) is 7.58. The molecule has 0 aliphatic heterocycles. The standard InChI is InChI=1S/C22H32FNO8/c1-21(2,3)31-19(26)24(20(27)32-22(4,5)6)15(18(25)30-9)10-13-11-16(28-7)17(29-8)12-14(13)23/h11-12,15H,10H2,1-9H3/i23-1. The molecule has 0 aliphatic carbocycles. The molecule has 1 rings (SSSR count). The number of esters is 1. The summed E-state index contributed by atoms with van der Waals surface area (Å²) >= 11 is 0. The number of halogens is 1. The monoisotopic (exact) mass is 456 g/mol. The molecule has 180 valence electrons. The first-order valence-corrected chi connectivity index (χ1v) is 9.87. The zero-order valence-corrected chi connectivity index (χ0v) is 20.0. The van der Waals surface area contributed by atoms with E-state index < -0.39 is 47.6 Å². The molecule has 0 fully saturated rings. The molecule has 1 atom stereocenters. The number of ether oxygens (including phenoxy) is 5. The summed E-state index contributed by atoms with van der Waals surface area (Å²) < 4.78 is 40.4. The van der Waals surface area contributed by atoms with Crippen LogP contribution in [0.1, 0.15) is 47.1 Å². The second-order valence-electron chi connectivity index (χ2n) is 8.87. The van der Waals surface area contributed by atoms with Gasteiger partial charge in [0.1, 0.15) is 23.1 Å². The number of methoxy groups -OCH3 is 3. The van der Waals surface area contributed by atoms with Crippen LogP contribution < -0.4 is 9.47 Å². The van der Waals surface area contributed by atoms with Crippen LogP contribution in [0.5, 0.6) is 11.5 Å². The van der Waals surface area contributed by atoms with E-state index in [9.17, 15) is 18.8 Å². The fourth-order valence-corrected chi connectivity index (χ4v) is 2.63. The topological polar surface area (TPSA) is 101 Å². The molecule has 0 N–H and O–H groups in total. The van der Waals surface area contributed by atoms with Gasteiger partial charge in [-0.15, -0.1) is 0 Å².